The van der Waals surface area contributed by atoms with Gasteiger partial charge in [0.15, 0.2) is 0 Å². The summed E-state index contributed by atoms with van der Waals surface area (Å²) >= 11 is 0. The van der Waals surface area contributed by atoms with E-state index < -0.39 is 10.0 Å². The summed E-state index contributed by atoms with van der Waals surface area (Å²) in [5.41, 5.74) is 4.32. The van der Waals surface area contributed by atoms with Crippen LogP contribution in [0.3, 0.4) is 0 Å². The quantitative estimate of drug-likeness (QED) is 0.240. The molecule has 3 heterocycles. The first-order chi connectivity index (χ1) is 21.0. The maximum atomic E-state index is 13.2. The van der Waals surface area contributed by atoms with E-state index in [1.807, 2.05) is 50.2 Å². The number of nitrogens with one attached hydrogen (secondary N) is 1. The normalized spacial score (nSPS) is 14.2. The number of hydrogen-bond donors (Lipinski definition) is 1. The molecule has 1 fully saturated rings. The van der Waals surface area contributed by atoms with Crippen LogP contribution in [0, 0.1) is 19.8 Å². The van der Waals surface area contributed by atoms with Crippen molar-refractivity contribution in [3.8, 4) is 28.6 Å². The Morgan fingerprint density at radius 1 is 0.977 bits per heavy atom. The zero-order valence-electron chi connectivity index (χ0n) is 26.2. The second kappa shape index (κ2) is 13.2. The highest BCUT2D eigenvalue weighted by Crippen LogP contribution is 2.35. The molecule has 11 nitrogen and oxygen atoms in total. The van der Waals surface area contributed by atoms with E-state index in [4.69, 9.17) is 9.47 Å². The Bertz CT molecular complexity index is 1700. The van der Waals surface area contributed by atoms with E-state index in [1.54, 1.807) is 13.1 Å². The highest BCUT2D eigenvalue weighted by molar-refractivity contribution is 7.92. The van der Waals surface area contributed by atoms with E-state index in [9.17, 15) is 8.42 Å². The maximum Gasteiger partial charge on any atom is 0.267 e. The van der Waals surface area contributed by atoms with Crippen molar-refractivity contribution in [2.75, 3.05) is 49.5 Å². The largest absolute Gasteiger partial charge is 0.493 e. The van der Waals surface area contributed by atoms with Crippen molar-refractivity contribution in [2.45, 2.75) is 39.0 Å². The molecule has 1 aliphatic rings. The van der Waals surface area contributed by atoms with Gasteiger partial charge in [-0.05, 0) is 69.1 Å². The Labute approximate surface area is 259 Å². The minimum Gasteiger partial charge on any atom is -0.493 e. The molecule has 0 unspecified atom stereocenters. The molecule has 0 atom stereocenters. The van der Waals surface area contributed by atoms with Crippen LogP contribution in [0.2, 0.25) is 0 Å². The first kappa shape index (κ1) is 31.3. The molecule has 1 aliphatic heterocycles. The standard InChI is InChI=1S/C32H41N7O4S/c1-22(2)13-18-42-29-12-7-23(3)31(24(29)4)28-19-30(35-32(34-28)36-44(40,41)27-20-33-38(6)21-27)43-26-10-8-25(9-11-26)39-16-14-37(5)15-17-39/h7-12,19-22H,13-18H2,1-6H3,(H,34,35,36). The van der Waals surface area contributed by atoms with Gasteiger partial charge < -0.3 is 19.3 Å². The van der Waals surface area contributed by atoms with Crippen LogP contribution in [0.15, 0.2) is 59.8 Å². The van der Waals surface area contributed by atoms with Crippen LogP contribution in [0.4, 0.5) is 11.6 Å². The predicted molar refractivity (Wildman–Crippen MR) is 172 cm³/mol. The Morgan fingerprint density at radius 2 is 1.70 bits per heavy atom. The number of anilines is 2. The number of piperazine rings is 1. The molecule has 44 heavy (non-hydrogen) atoms. The minimum absolute atomic E-state index is 0.00359. The molecular weight excluding hydrogens is 578 g/mol. The number of hydrogen-bond acceptors (Lipinski definition) is 9. The molecule has 12 heteroatoms. The zero-order valence-corrected chi connectivity index (χ0v) is 27.1. The highest BCUT2D eigenvalue weighted by atomic mass is 32.2. The van der Waals surface area contributed by atoms with Crippen molar-refractivity contribution < 1.29 is 17.9 Å². The average Bonchev–Trinajstić information content (AvgIpc) is 3.42. The molecule has 0 amide bonds. The van der Waals surface area contributed by atoms with Gasteiger partial charge in [0.05, 0.1) is 18.5 Å². The number of rotatable bonds is 11. The molecule has 1 N–H and O–H groups in total. The van der Waals surface area contributed by atoms with Crippen LogP contribution in [0.1, 0.15) is 31.4 Å². The van der Waals surface area contributed by atoms with Crippen LogP contribution >= 0.6 is 0 Å². The summed E-state index contributed by atoms with van der Waals surface area (Å²) < 4.78 is 42.6. The Kier molecular flexibility index (Phi) is 9.40. The fourth-order valence-electron chi connectivity index (χ4n) is 5.06. The number of aryl methyl sites for hydroxylation is 2. The second-order valence-corrected chi connectivity index (χ2v) is 13.4. The molecule has 234 valence electrons. The third kappa shape index (κ3) is 7.48. The predicted octanol–water partition coefficient (Wildman–Crippen LogP) is 5.26. The minimum atomic E-state index is -4.00. The maximum absolute atomic E-state index is 13.2. The summed E-state index contributed by atoms with van der Waals surface area (Å²) in [5, 5.41) is 3.99. The summed E-state index contributed by atoms with van der Waals surface area (Å²) in [6, 6.07) is 13.5. The number of nitrogens with zero attached hydrogens (tertiary/aromatic N) is 6. The third-order valence-electron chi connectivity index (χ3n) is 7.68. The number of benzene rings is 2. The van der Waals surface area contributed by atoms with Gasteiger partial charge in [-0.3, -0.25) is 4.68 Å². The van der Waals surface area contributed by atoms with Gasteiger partial charge in [0.25, 0.3) is 10.0 Å². The van der Waals surface area contributed by atoms with Crippen molar-refractivity contribution >= 4 is 21.7 Å². The molecule has 0 radical (unpaired) electrons. The number of aromatic nitrogens is 4. The smallest absolute Gasteiger partial charge is 0.267 e. The Balaban J connectivity index is 1.48. The lowest BCUT2D eigenvalue weighted by Crippen LogP contribution is -2.44. The summed E-state index contributed by atoms with van der Waals surface area (Å²) in [6.45, 7) is 12.8. The molecule has 0 bridgehead atoms. The Hall–Kier alpha value is -4.16. The fraction of sp³-hybridized carbons (Fsp3) is 0.406. The SMILES string of the molecule is Cc1ccc(OCCC(C)C)c(C)c1-c1cc(Oc2ccc(N3CCN(C)CC3)cc2)nc(NS(=O)(=O)c2cnn(C)c2)n1. The number of ether oxygens (including phenoxy) is 2. The van der Waals surface area contributed by atoms with Gasteiger partial charge in [-0.2, -0.15) is 10.1 Å². The number of sulfonamides is 1. The Morgan fingerprint density at radius 3 is 2.36 bits per heavy atom. The van der Waals surface area contributed by atoms with Crippen molar-refractivity contribution in [2.24, 2.45) is 13.0 Å². The molecule has 0 spiro atoms. The van der Waals surface area contributed by atoms with Crippen LogP contribution in [0.25, 0.3) is 11.3 Å². The van der Waals surface area contributed by atoms with E-state index >= 15 is 0 Å². The van der Waals surface area contributed by atoms with Gasteiger partial charge in [-0.25, -0.2) is 18.1 Å². The van der Waals surface area contributed by atoms with E-state index in [0.717, 1.165) is 60.7 Å². The van der Waals surface area contributed by atoms with Crippen LogP contribution < -0.4 is 19.1 Å². The summed E-state index contributed by atoms with van der Waals surface area (Å²) in [7, 11) is -0.214. The lowest BCUT2D eigenvalue weighted by atomic mass is 9.99. The summed E-state index contributed by atoms with van der Waals surface area (Å²) in [6.07, 6.45) is 3.62. The first-order valence-corrected chi connectivity index (χ1v) is 16.3. The van der Waals surface area contributed by atoms with Crippen molar-refractivity contribution in [1.29, 1.82) is 0 Å². The zero-order chi connectivity index (χ0) is 31.4. The highest BCUT2D eigenvalue weighted by Gasteiger charge is 2.21. The van der Waals surface area contributed by atoms with Gasteiger partial charge in [0, 0.05) is 62.3 Å². The van der Waals surface area contributed by atoms with Gasteiger partial charge in [0.1, 0.15) is 16.4 Å². The van der Waals surface area contributed by atoms with Gasteiger partial charge in [0.2, 0.25) is 11.8 Å². The monoisotopic (exact) mass is 619 g/mol. The summed E-state index contributed by atoms with van der Waals surface area (Å²) in [5.74, 6) is 1.95. The average molecular weight is 620 g/mol. The molecule has 5 rings (SSSR count). The molecule has 4 aromatic rings. The third-order valence-corrected chi connectivity index (χ3v) is 8.96. The number of likely N-dealkylation sites (N-methyl/N-ethyl adjacent to an activating group) is 1. The molecule has 1 saturated heterocycles. The topological polar surface area (TPSA) is 115 Å². The van der Waals surface area contributed by atoms with Crippen LogP contribution in [-0.4, -0.2) is 72.9 Å². The molecule has 0 aliphatic carbocycles. The van der Waals surface area contributed by atoms with Crippen LogP contribution in [0.5, 0.6) is 17.4 Å². The van der Waals surface area contributed by atoms with Gasteiger partial charge in [-0.15, -0.1) is 0 Å². The molecule has 2 aromatic carbocycles. The molecule has 0 saturated carbocycles. The van der Waals surface area contributed by atoms with Gasteiger partial charge >= 0.3 is 0 Å². The van der Waals surface area contributed by atoms with Crippen molar-refractivity contribution in [1.82, 2.24) is 24.6 Å². The van der Waals surface area contributed by atoms with Gasteiger partial charge in [-0.1, -0.05) is 19.9 Å². The lowest BCUT2D eigenvalue weighted by molar-refractivity contribution is 0.288. The molecular formula is C32H41N7O4S. The lowest BCUT2D eigenvalue weighted by Gasteiger charge is -2.34. The van der Waals surface area contributed by atoms with Crippen molar-refractivity contribution in [3.05, 3.63) is 66.0 Å². The molecule has 2 aromatic heterocycles. The van der Waals surface area contributed by atoms with E-state index in [1.165, 1.54) is 17.1 Å². The second-order valence-electron chi connectivity index (χ2n) is 11.7. The van der Waals surface area contributed by atoms with E-state index in [2.05, 4.69) is 50.5 Å². The van der Waals surface area contributed by atoms with E-state index in [0.29, 0.717) is 24.0 Å². The van der Waals surface area contributed by atoms with Crippen LogP contribution in [-0.2, 0) is 17.1 Å². The first-order valence-electron chi connectivity index (χ1n) is 14.8. The van der Waals surface area contributed by atoms with E-state index in [-0.39, 0.29) is 16.7 Å². The fourth-order valence-corrected chi connectivity index (χ4v) is 5.99. The summed E-state index contributed by atoms with van der Waals surface area (Å²) in [4.78, 5) is 13.8. The van der Waals surface area contributed by atoms with Crippen molar-refractivity contribution in [3.63, 3.8) is 0 Å².